The van der Waals surface area contributed by atoms with E-state index in [2.05, 4.69) is 51.7 Å². The molecule has 7 heteroatoms. The van der Waals surface area contributed by atoms with Crippen LogP contribution in [0.3, 0.4) is 0 Å². The van der Waals surface area contributed by atoms with Gasteiger partial charge in [-0.25, -0.2) is 0 Å². The summed E-state index contributed by atoms with van der Waals surface area (Å²) in [6, 6.07) is 9.32. The van der Waals surface area contributed by atoms with Crippen molar-refractivity contribution in [3.8, 4) is 0 Å². The lowest BCUT2D eigenvalue weighted by Crippen LogP contribution is -2.49. The molecular formula is C21H34IN5O. The molecule has 1 aromatic carbocycles. The normalized spacial score (nSPS) is 20.0. The van der Waals surface area contributed by atoms with Gasteiger partial charge in [0.25, 0.3) is 0 Å². The molecule has 3 rings (SSSR count). The Morgan fingerprint density at radius 2 is 2.00 bits per heavy atom. The summed E-state index contributed by atoms with van der Waals surface area (Å²) in [4.78, 5) is 21.0. The second-order valence-electron chi connectivity index (χ2n) is 7.94. The Morgan fingerprint density at radius 1 is 1.25 bits per heavy atom. The molecule has 1 aromatic rings. The fraction of sp³-hybridized carbons (Fsp3) is 0.619. The fourth-order valence-electron chi connectivity index (χ4n) is 4.01. The molecule has 2 N–H and O–H groups in total. The van der Waals surface area contributed by atoms with Crippen LogP contribution in [0.25, 0.3) is 0 Å². The summed E-state index contributed by atoms with van der Waals surface area (Å²) in [7, 11) is 1.80. The number of para-hydroxylation sites is 1. The average molecular weight is 499 g/mol. The Kier molecular flexibility index (Phi) is 8.39. The van der Waals surface area contributed by atoms with E-state index in [-0.39, 0.29) is 41.8 Å². The van der Waals surface area contributed by atoms with Gasteiger partial charge in [0.2, 0.25) is 5.91 Å². The number of hydrogen-bond donors (Lipinski definition) is 2. The maximum Gasteiger partial charge on any atom is 0.225 e. The molecular weight excluding hydrogens is 465 g/mol. The number of fused-ring (bicyclic) bond motifs is 1. The number of nitrogens with zero attached hydrogens (tertiary/aromatic N) is 3. The largest absolute Gasteiger partial charge is 0.366 e. The molecule has 1 saturated heterocycles. The molecule has 0 bridgehead atoms. The highest BCUT2D eigenvalue weighted by Crippen LogP contribution is 2.28. The average Bonchev–Trinajstić information content (AvgIpc) is 3.31. The minimum atomic E-state index is 0. The van der Waals surface area contributed by atoms with Crippen molar-refractivity contribution in [2.24, 2.45) is 10.9 Å². The first kappa shape index (κ1) is 22.8. The van der Waals surface area contributed by atoms with Gasteiger partial charge >= 0.3 is 0 Å². The molecule has 0 radical (unpaired) electrons. The maximum absolute atomic E-state index is 12.2. The van der Waals surface area contributed by atoms with Crippen molar-refractivity contribution < 1.29 is 4.79 Å². The minimum absolute atomic E-state index is 0. The number of carbonyl (C=O) groups is 1. The molecule has 1 amide bonds. The van der Waals surface area contributed by atoms with Gasteiger partial charge in [0, 0.05) is 56.9 Å². The summed E-state index contributed by atoms with van der Waals surface area (Å²) in [5.41, 5.74) is 2.79. The van der Waals surface area contributed by atoms with Gasteiger partial charge in [-0.15, -0.1) is 24.0 Å². The Morgan fingerprint density at radius 3 is 2.71 bits per heavy atom. The second kappa shape index (κ2) is 10.3. The molecule has 0 aliphatic carbocycles. The Balaban J connectivity index is 0.00000280. The van der Waals surface area contributed by atoms with Crippen LogP contribution in [0.2, 0.25) is 0 Å². The van der Waals surface area contributed by atoms with Gasteiger partial charge in [0.05, 0.1) is 0 Å². The molecule has 2 aliphatic rings. The first-order valence-corrected chi connectivity index (χ1v) is 10.1. The summed E-state index contributed by atoms with van der Waals surface area (Å²) in [6.45, 7) is 9.65. The van der Waals surface area contributed by atoms with Crippen molar-refractivity contribution in [2.45, 2.75) is 45.7 Å². The van der Waals surface area contributed by atoms with Crippen molar-refractivity contribution in [1.82, 2.24) is 15.5 Å². The number of benzene rings is 1. The highest BCUT2D eigenvalue weighted by atomic mass is 127. The first-order chi connectivity index (χ1) is 13.0. The topological polar surface area (TPSA) is 60.0 Å². The zero-order valence-electron chi connectivity index (χ0n) is 17.4. The summed E-state index contributed by atoms with van der Waals surface area (Å²) in [5, 5.41) is 6.95. The van der Waals surface area contributed by atoms with Crippen LogP contribution in [0.15, 0.2) is 29.3 Å². The zero-order valence-corrected chi connectivity index (χ0v) is 19.8. The van der Waals surface area contributed by atoms with E-state index >= 15 is 0 Å². The monoisotopic (exact) mass is 499 g/mol. The van der Waals surface area contributed by atoms with Gasteiger partial charge in [0.1, 0.15) is 0 Å². The number of anilines is 1. The molecule has 1 fully saturated rings. The third-order valence-corrected chi connectivity index (χ3v) is 5.58. The summed E-state index contributed by atoms with van der Waals surface area (Å²) >= 11 is 0. The Bertz CT molecular complexity index is 693. The van der Waals surface area contributed by atoms with Crippen LogP contribution in [0, 0.1) is 5.92 Å². The van der Waals surface area contributed by atoms with Gasteiger partial charge in [-0.2, -0.15) is 0 Å². The number of hydrogen-bond acceptors (Lipinski definition) is 3. The molecule has 156 valence electrons. The lowest BCUT2D eigenvalue weighted by atomic mass is 10.2. The van der Waals surface area contributed by atoms with E-state index in [9.17, 15) is 4.79 Å². The molecule has 6 nitrogen and oxygen atoms in total. The fourth-order valence-corrected chi connectivity index (χ4v) is 4.01. The van der Waals surface area contributed by atoms with Crippen LogP contribution in [0.4, 0.5) is 5.69 Å². The second-order valence-corrected chi connectivity index (χ2v) is 7.94. The van der Waals surface area contributed by atoms with Crippen molar-refractivity contribution in [2.75, 3.05) is 38.1 Å². The molecule has 0 saturated carbocycles. The van der Waals surface area contributed by atoms with E-state index in [0.717, 1.165) is 45.0 Å². The van der Waals surface area contributed by atoms with E-state index in [4.69, 9.17) is 0 Å². The maximum atomic E-state index is 12.2. The molecule has 28 heavy (non-hydrogen) atoms. The standard InChI is InChI=1S/C21H33N5O.HI/c1-15(2)20(27)25-11-10-18(14-25)24-21(22-4)23-13-16(3)26-12-9-17-7-5-6-8-19(17)26;/h5-8,15-16,18H,9-14H2,1-4H3,(H2,22,23,24);1H. The van der Waals surface area contributed by atoms with E-state index < -0.39 is 0 Å². The molecule has 2 unspecified atom stereocenters. The lowest BCUT2D eigenvalue weighted by Gasteiger charge is -2.28. The third-order valence-electron chi connectivity index (χ3n) is 5.58. The number of guanidine groups is 1. The van der Waals surface area contributed by atoms with Gasteiger partial charge in [-0.3, -0.25) is 9.79 Å². The number of carbonyl (C=O) groups excluding carboxylic acids is 1. The molecule has 2 atom stereocenters. The van der Waals surface area contributed by atoms with E-state index in [0.29, 0.717) is 6.04 Å². The first-order valence-electron chi connectivity index (χ1n) is 10.1. The number of rotatable bonds is 5. The number of nitrogens with one attached hydrogen (secondary N) is 2. The molecule has 2 heterocycles. The molecule has 0 aromatic heterocycles. The smallest absolute Gasteiger partial charge is 0.225 e. The van der Waals surface area contributed by atoms with Gasteiger partial charge in [0.15, 0.2) is 5.96 Å². The highest BCUT2D eigenvalue weighted by molar-refractivity contribution is 14.0. The van der Waals surface area contributed by atoms with Crippen molar-refractivity contribution in [1.29, 1.82) is 0 Å². The number of aliphatic imine (C=N–C) groups is 1. The third kappa shape index (κ3) is 5.30. The number of likely N-dealkylation sites (tertiary alicyclic amines) is 1. The zero-order chi connectivity index (χ0) is 19.4. The van der Waals surface area contributed by atoms with Gasteiger partial charge in [-0.1, -0.05) is 32.0 Å². The Labute approximate surface area is 186 Å². The summed E-state index contributed by atoms with van der Waals surface area (Å²) < 4.78 is 0. The molecule has 0 spiro atoms. The van der Waals surface area contributed by atoms with Crippen molar-refractivity contribution in [3.63, 3.8) is 0 Å². The van der Waals surface area contributed by atoms with E-state index in [1.165, 1.54) is 11.3 Å². The SMILES string of the molecule is CN=C(NCC(C)N1CCc2ccccc21)NC1CCN(C(=O)C(C)C)C1.I. The predicted octanol–water partition coefficient (Wildman–Crippen LogP) is 2.48. The minimum Gasteiger partial charge on any atom is -0.366 e. The summed E-state index contributed by atoms with van der Waals surface area (Å²) in [5.74, 6) is 1.12. The van der Waals surface area contributed by atoms with Crippen LogP contribution in [-0.4, -0.2) is 62.1 Å². The van der Waals surface area contributed by atoms with Crippen LogP contribution < -0.4 is 15.5 Å². The quantitative estimate of drug-likeness (QED) is 0.372. The number of halogens is 1. The number of amides is 1. The van der Waals surface area contributed by atoms with Crippen LogP contribution in [-0.2, 0) is 11.2 Å². The van der Waals surface area contributed by atoms with Crippen molar-refractivity contribution in [3.05, 3.63) is 29.8 Å². The predicted molar refractivity (Wildman–Crippen MR) is 127 cm³/mol. The lowest BCUT2D eigenvalue weighted by molar-refractivity contribution is -0.133. The van der Waals surface area contributed by atoms with Gasteiger partial charge < -0.3 is 20.4 Å². The van der Waals surface area contributed by atoms with Gasteiger partial charge in [-0.05, 0) is 31.4 Å². The van der Waals surface area contributed by atoms with Crippen molar-refractivity contribution >= 4 is 41.5 Å². The van der Waals surface area contributed by atoms with Crippen LogP contribution >= 0.6 is 24.0 Å². The van der Waals surface area contributed by atoms with E-state index in [1.54, 1.807) is 7.05 Å². The highest BCUT2D eigenvalue weighted by Gasteiger charge is 2.28. The van der Waals surface area contributed by atoms with Crippen LogP contribution in [0.5, 0.6) is 0 Å². The molecule has 2 aliphatic heterocycles. The Hall–Kier alpha value is -1.51. The van der Waals surface area contributed by atoms with Crippen LogP contribution in [0.1, 0.15) is 32.8 Å². The van der Waals surface area contributed by atoms with E-state index in [1.807, 2.05) is 18.7 Å². The summed E-state index contributed by atoms with van der Waals surface area (Å²) in [6.07, 6.45) is 2.09.